The topological polar surface area (TPSA) is 121 Å². The molecule has 1 fully saturated rings. The molecule has 1 unspecified atom stereocenters. The van der Waals surface area contributed by atoms with Crippen LogP contribution in [-0.4, -0.2) is 47.9 Å². The summed E-state index contributed by atoms with van der Waals surface area (Å²) in [4.78, 5) is 41.4. The van der Waals surface area contributed by atoms with Gasteiger partial charge < -0.3 is 25.4 Å². The number of nitrogens with one attached hydrogen (secondary N) is 2. The second kappa shape index (κ2) is 8.01. The fourth-order valence-electron chi connectivity index (χ4n) is 3.10. The molecule has 0 bridgehead atoms. The first-order valence-corrected chi connectivity index (χ1v) is 8.64. The number of carbonyl (C=O) groups excluding carboxylic acids is 2. The highest BCUT2D eigenvalue weighted by Gasteiger charge is 2.29. The first-order valence-electron chi connectivity index (χ1n) is 8.64. The molecule has 1 aliphatic heterocycles. The summed E-state index contributed by atoms with van der Waals surface area (Å²) in [6.07, 6.45) is 2.94. The van der Waals surface area contributed by atoms with Gasteiger partial charge in [0.05, 0.1) is 17.9 Å². The first kappa shape index (κ1) is 17.9. The molecule has 0 saturated carbocycles. The molecule has 0 radical (unpaired) electrons. The maximum atomic E-state index is 12.7. The van der Waals surface area contributed by atoms with Gasteiger partial charge in [-0.1, -0.05) is 0 Å². The van der Waals surface area contributed by atoms with Gasteiger partial charge in [0.15, 0.2) is 0 Å². The number of aromatic amines is 1. The summed E-state index contributed by atoms with van der Waals surface area (Å²) in [5.41, 5.74) is 5.49. The van der Waals surface area contributed by atoms with Crippen molar-refractivity contribution in [1.29, 1.82) is 0 Å². The van der Waals surface area contributed by atoms with E-state index in [9.17, 15) is 14.4 Å². The molecule has 138 valence electrons. The van der Waals surface area contributed by atoms with Crippen molar-refractivity contribution in [2.45, 2.75) is 12.8 Å². The summed E-state index contributed by atoms with van der Waals surface area (Å²) in [5, 5.41) is 2.76. The minimum absolute atomic E-state index is 0.0586. The number of rotatable bonds is 5. The molecule has 4 N–H and O–H groups in total. The standard InChI is InChI=1S/C18H22N4O4/c19-7-8-20-16(23)12-3-1-9-22(11-12)18(25)13-5-6-14(21-17(13)24)15-4-2-10-26-15/h2,4-6,10,12H,1,3,7-9,11,19H2,(H,20,23)(H,21,24). The minimum Gasteiger partial charge on any atom is -0.463 e. The SMILES string of the molecule is NCCNC(=O)C1CCCN(C(=O)c2ccc(-c3ccco3)[nH]c2=O)C1. The fourth-order valence-corrected chi connectivity index (χ4v) is 3.10. The van der Waals surface area contributed by atoms with Crippen LogP contribution >= 0.6 is 0 Å². The quantitative estimate of drug-likeness (QED) is 0.721. The molecule has 1 atom stereocenters. The third-order valence-corrected chi connectivity index (χ3v) is 4.45. The zero-order valence-electron chi connectivity index (χ0n) is 14.4. The van der Waals surface area contributed by atoms with E-state index in [-0.39, 0.29) is 23.3 Å². The smallest absolute Gasteiger partial charge is 0.261 e. The Labute approximate surface area is 150 Å². The van der Waals surface area contributed by atoms with E-state index in [1.165, 1.54) is 12.3 Å². The number of hydrogen-bond acceptors (Lipinski definition) is 5. The number of likely N-dealkylation sites (tertiary alicyclic amines) is 1. The van der Waals surface area contributed by atoms with E-state index < -0.39 is 5.56 Å². The number of pyridine rings is 1. The maximum absolute atomic E-state index is 12.7. The third-order valence-electron chi connectivity index (χ3n) is 4.45. The second-order valence-electron chi connectivity index (χ2n) is 6.26. The Hall–Kier alpha value is -2.87. The molecule has 1 aliphatic rings. The van der Waals surface area contributed by atoms with Gasteiger partial charge in [0.1, 0.15) is 11.3 Å². The van der Waals surface area contributed by atoms with Gasteiger partial charge in [-0.15, -0.1) is 0 Å². The van der Waals surface area contributed by atoms with E-state index >= 15 is 0 Å². The third kappa shape index (κ3) is 3.85. The van der Waals surface area contributed by atoms with Crippen molar-refractivity contribution in [3.05, 3.63) is 46.4 Å². The van der Waals surface area contributed by atoms with Gasteiger partial charge in [-0.05, 0) is 37.1 Å². The Morgan fingerprint density at radius 2 is 2.19 bits per heavy atom. The van der Waals surface area contributed by atoms with Gasteiger partial charge in [-0.25, -0.2) is 0 Å². The molecular weight excluding hydrogens is 336 g/mol. The molecule has 8 heteroatoms. The van der Waals surface area contributed by atoms with E-state index in [1.807, 2.05) is 0 Å². The van der Waals surface area contributed by atoms with Crippen LogP contribution in [0.1, 0.15) is 23.2 Å². The van der Waals surface area contributed by atoms with Gasteiger partial charge >= 0.3 is 0 Å². The molecular formula is C18H22N4O4. The lowest BCUT2D eigenvalue weighted by atomic mass is 9.96. The summed E-state index contributed by atoms with van der Waals surface area (Å²) in [7, 11) is 0. The van der Waals surface area contributed by atoms with Crippen molar-refractivity contribution >= 4 is 11.8 Å². The largest absolute Gasteiger partial charge is 0.463 e. The number of amides is 2. The van der Waals surface area contributed by atoms with Crippen molar-refractivity contribution in [1.82, 2.24) is 15.2 Å². The van der Waals surface area contributed by atoms with Crippen LogP contribution < -0.4 is 16.6 Å². The Morgan fingerprint density at radius 3 is 2.88 bits per heavy atom. The molecule has 2 aromatic heterocycles. The zero-order valence-corrected chi connectivity index (χ0v) is 14.4. The number of carbonyl (C=O) groups is 2. The number of H-pyrrole nitrogens is 1. The van der Waals surface area contributed by atoms with Crippen molar-refractivity contribution in [3.63, 3.8) is 0 Å². The number of nitrogens with two attached hydrogens (primary N) is 1. The maximum Gasteiger partial charge on any atom is 0.261 e. The van der Waals surface area contributed by atoms with Crippen molar-refractivity contribution in [3.8, 4) is 11.5 Å². The Balaban J connectivity index is 1.72. The van der Waals surface area contributed by atoms with Crippen LogP contribution in [-0.2, 0) is 4.79 Å². The van der Waals surface area contributed by atoms with Crippen LogP contribution in [0.5, 0.6) is 0 Å². The van der Waals surface area contributed by atoms with Gasteiger partial charge in [-0.3, -0.25) is 14.4 Å². The Morgan fingerprint density at radius 1 is 1.35 bits per heavy atom. The number of hydrogen-bond donors (Lipinski definition) is 3. The van der Waals surface area contributed by atoms with E-state index in [0.29, 0.717) is 44.1 Å². The summed E-state index contributed by atoms with van der Waals surface area (Å²) < 4.78 is 5.25. The number of furan rings is 1. The van der Waals surface area contributed by atoms with E-state index in [0.717, 1.165) is 6.42 Å². The lowest BCUT2D eigenvalue weighted by Gasteiger charge is -2.32. The van der Waals surface area contributed by atoms with Gasteiger partial charge in [-0.2, -0.15) is 0 Å². The molecule has 26 heavy (non-hydrogen) atoms. The summed E-state index contributed by atoms with van der Waals surface area (Å²) >= 11 is 0. The molecule has 2 amide bonds. The monoisotopic (exact) mass is 358 g/mol. The highest BCUT2D eigenvalue weighted by atomic mass is 16.3. The van der Waals surface area contributed by atoms with Crippen LogP contribution in [0.15, 0.2) is 39.7 Å². The van der Waals surface area contributed by atoms with Gasteiger partial charge in [0, 0.05) is 26.2 Å². The van der Waals surface area contributed by atoms with Crippen LogP contribution in [0.4, 0.5) is 0 Å². The number of aromatic nitrogens is 1. The normalized spacial score (nSPS) is 17.1. The van der Waals surface area contributed by atoms with E-state index in [4.69, 9.17) is 10.2 Å². The second-order valence-corrected chi connectivity index (χ2v) is 6.26. The lowest BCUT2D eigenvalue weighted by molar-refractivity contribution is -0.126. The highest BCUT2D eigenvalue weighted by molar-refractivity contribution is 5.94. The fraction of sp³-hybridized carbons (Fsp3) is 0.389. The summed E-state index contributed by atoms with van der Waals surface area (Å²) in [6.45, 7) is 1.61. The average Bonchev–Trinajstić information content (AvgIpc) is 3.20. The predicted molar refractivity (Wildman–Crippen MR) is 95.5 cm³/mol. The highest BCUT2D eigenvalue weighted by Crippen LogP contribution is 2.19. The molecule has 3 rings (SSSR count). The Kier molecular flexibility index (Phi) is 5.52. The number of nitrogens with zero attached hydrogens (tertiary/aromatic N) is 1. The molecule has 8 nitrogen and oxygen atoms in total. The van der Waals surface area contributed by atoms with Crippen LogP contribution in [0.25, 0.3) is 11.5 Å². The Bertz CT molecular complexity index is 828. The van der Waals surface area contributed by atoms with E-state index in [2.05, 4.69) is 10.3 Å². The van der Waals surface area contributed by atoms with Crippen LogP contribution in [0.3, 0.4) is 0 Å². The van der Waals surface area contributed by atoms with E-state index in [1.54, 1.807) is 23.1 Å². The molecule has 1 saturated heterocycles. The first-order chi connectivity index (χ1) is 12.6. The molecule has 2 aromatic rings. The number of piperidine rings is 1. The summed E-state index contributed by atoms with van der Waals surface area (Å²) in [6, 6.07) is 6.58. The summed E-state index contributed by atoms with van der Waals surface area (Å²) in [5.74, 6) is -0.222. The van der Waals surface area contributed by atoms with Crippen LogP contribution in [0.2, 0.25) is 0 Å². The van der Waals surface area contributed by atoms with Crippen molar-refractivity contribution in [2.24, 2.45) is 11.7 Å². The van der Waals surface area contributed by atoms with Gasteiger partial charge in [0.2, 0.25) is 5.91 Å². The van der Waals surface area contributed by atoms with Gasteiger partial charge in [0.25, 0.3) is 11.5 Å². The van der Waals surface area contributed by atoms with Crippen LogP contribution in [0, 0.1) is 5.92 Å². The molecule has 3 heterocycles. The zero-order chi connectivity index (χ0) is 18.5. The van der Waals surface area contributed by atoms with Crippen molar-refractivity contribution < 1.29 is 14.0 Å². The molecule has 0 aromatic carbocycles. The molecule has 0 aliphatic carbocycles. The molecule has 0 spiro atoms. The predicted octanol–water partition coefficient (Wildman–Crippen LogP) is 0.562. The van der Waals surface area contributed by atoms with Crippen molar-refractivity contribution in [2.75, 3.05) is 26.2 Å². The average molecular weight is 358 g/mol. The minimum atomic E-state index is -0.474. The lowest BCUT2D eigenvalue weighted by Crippen LogP contribution is -2.47.